The van der Waals surface area contributed by atoms with Gasteiger partial charge in [0.2, 0.25) is 0 Å². The van der Waals surface area contributed by atoms with Crippen molar-refractivity contribution in [1.82, 2.24) is 0 Å². The molecule has 0 saturated carbocycles. The summed E-state index contributed by atoms with van der Waals surface area (Å²) in [7, 11) is 0. The second-order valence-corrected chi connectivity index (χ2v) is 13.7. The fourth-order valence-corrected chi connectivity index (χ4v) is 5.93. The normalized spacial score (nSPS) is 22.0. The average molecular weight is 699 g/mol. The van der Waals surface area contributed by atoms with E-state index in [9.17, 15) is 25.2 Å². The molecule has 288 valence electrons. The zero-order valence-corrected chi connectivity index (χ0v) is 31.2. The molecule has 0 bridgehead atoms. The van der Waals surface area contributed by atoms with Crippen LogP contribution in [0.3, 0.4) is 0 Å². The summed E-state index contributed by atoms with van der Waals surface area (Å²) in [5.74, 6) is -0.320. The molecule has 1 aliphatic heterocycles. The number of aliphatic hydroxyl groups excluding tert-OH is 4. The summed E-state index contributed by atoms with van der Waals surface area (Å²) >= 11 is 0. The summed E-state index contributed by atoms with van der Waals surface area (Å²) in [6.45, 7) is 4.49. The van der Waals surface area contributed by atoms with Crippen molar-refractivity contribution < 1.29 is 44.2 Å². The number of rotatable bonds is 33. The Bertz CT molecular complexity index is 803. The molecule has 9 heteroatoms. The van der Waals surface area contributed by atoms with Crippen molar-refractivity contribution in [3.63, 3.8) is 0 Å². The number of carbonyl (C=O) groups excluding carboxylic acids is 1. The maximum absolute atomic E-state index is 12.7. The molecule has 0 amide bonds. The largest absolute Gasteiger partial charge is 0.457 e. The maximum atomic E-state index is 12.7. The average Bonchev–Trinajstić information content (AvgIpc) is 3.10. The first kappa shape index (κ1) is 45.7. The second kappa shape index (κ2) is 32.6. The first-order chi connectivity index (χ1) is 23.9. The molecule has 1 aliphatic rings. The highest BCUT2D eigenvalue weighted by molar-refractivity contribution is 5.69. The van der Waals surface area contributed by atoms with Gasteiger partial charge in [0, 0.05) is 13.0 Å². The molecular formula is C40H74O9. The van der Waals surface area contributed by atoms with Crippen LogP contribution in [-0.2, 0) is 23.7 Å². The summed E-state index contributed by atoms with van der Waals surface area (Å²) in [6, 6.07) is 0. The van der Waals surface area contributed by atoms with E-state index in [1.54, 1.807) is 0 Å². The van der Waals surface area contributed by atoms with Crippen LogP contribution in [0, 0.1) is 0 Å². The third-order valence-corrected chi connectivity index (χ3v) is 9.12. The quantitative estimate of drug-likeness (QED) is 0.0307. The Morgan fingerprint density at radius 3 is 1.80 bits per heavy atom. The lowest BCUT2D eigenvalue weighted by molar-refractivity contribution is -0.305. The molecule has 1 saturated heterocycles. The van der Waals surface area contributed by atoms with Crippen molar-refractivity contribution in [3.8, 4) is 0 Å². The zero-order chi connectivity index (χ0) is 35.8. The summed E-state index contributed by atoms with van der Waals surface area (Å²) in [4.78, 5) is 12.7. The van der Waals surface area contributed by atoms with E-state index in [2.05, 4.69) is 38.2 Å². The highest BCUT2D eigenvalue weighted by atomic mass is 16.7. The number of unbranched alkanes of at least 4 members (excludes halogenated alkanes) is 18. The van der Waals surface area contributed by atoms with Gasteiger partial charge in [-0.3, -0.25) is 4.79 Å². The lowest BCUT2D eigenvalue weighted by atomic mass is 9.99. The highest BCUT2D eigenvalue weighted by Crippen LogP contribution is 2.22. The lowest BCUT2D eigenvalue weighted by Crippen LogP contribution is -2.59. The Labute approximate surface area is 298 Å². The molecular weight excluding hydrogens is 624 g/mol. The van der Waals surface area contributed by atoms with E-state index in [1.807, 2.05) is 0 Å². The van der Waals surface area contributed by atoms with Crippen molar-refractivity contribution in [2.45, 2.75) is 198 Å². The summed E-state index contributed by atoms with van der Waals surface area (Å²) in [5.41, 5.74) is 0. The minimum absolute atomic E-state index is 0.115. The third-order valence-electron chi connectivity index (χ3n) is 9.12. The van der Waals surface area contributed by atoms with Gasteiger partial charge >= 0.3 is 5.97 Å². The minimum atomic E-state index is -1.53. The number of hydrogen-bond acceptors (Lipinski definition) is 9. The molecule has 6 atom stereocenters. The molecule has 0 radical (unpaired) electrons. The number of esters is 1. The van der Waals surface area contributed by atoms with Crippen LogP contribution in [0.5, 0.6) is 0 Å². The van der Waals surface area contributed by atoms with Crippen molar-refractivity contribution in [1.29, 1.82) is 0 Å². The van der Waals surface area contributed by atoms with Gasteiger partial charge in [0.15, 0.2) is 6.29 Å². The predicted molar refractivity (Wildman–Crippen MR) is 196 cm³/mol. The Balaban J connectivity index is 2.31. The second-order valence-electron chi connectivity index (χ2n) is 13.7. The number of aliphatic hydroxyl groups is 4. The van der Waals surface area contributed by atoms with Gasteiger partial charge < -0.3 is 39.4 Å². The van der Waals surface area contributed by atoms with E-state index >= 15 is 0 Å². The standard InChI is InChI=1S/C40H74O9/c1-3-5-7-9-11-13-15-16-17-18-19-20-22-24-26-28-30-46-32-34(33-47-40-39(45)38(44)37(43)35(31-41)49-40)48-36(42)29-27-25-23-21-14-12-10-8-6-4-2/h11,13,16-17,34-35,37-41,43-45H,3-10,12,14-15,18-33H2,1-2H3/b13-11-,17-16-. The third kappa shape index (κ3) is 24.5. The fourth-order valence-electron chi connectivity index (χ4n) is 5.93. The monoisotopic (exact) mass is 699 g/mol. The van der Waals surface area contributed by atoms with Gasteiger partial charge in [-0.15, -0.1) is 0 Å². The van der Waals surface area contributed by atoms with Crippen molar-refractivity contribution in [2.24, 2.45) is 0 Å². The molecule has 4 N–H and O–H groups in total. The van der Waals surface area contributed by atoms with E-state index in [0.29, 0.717) is 13.0 Å². The smallest absolute Gasteiger partial charge is 0.306 e. The van der Waals surface area contributed by atoms with Crippen LogP contribution in [0.2, 0.25) is 0 Å². The topological polar surface area (TPSA) is 135 Å². The first-order valence-corrected chi connectivity index (χ1v) is 19.9. The van der Waals surface area contributed by atoms with Crippen LogP contribution in [0.25, 0.3) is 0 Å². The summed E-state index contributed by atoms with van der Waals surface area (Å²) in [6.07, 6.45) is 27.7. The van der Waals surface area contributed by atoms with Crippen LogP contribution in [0.1, 0.15) is 162 Å². The maximum Gasteiger partial charge on any atom is 0.306 e. The van der Waals surface area contributed by atoms with Crippen LogP contribution in [-0.4, -0.2) is 89.6 Å². The van der Waals surface area contributed by atoms with Crippen molar-refractivity contribution in [2.75, 3.05) is 26.4 Å². The van der Waals surface area contributed by atoms with E-state index in [-0.39, 0.29) is 19.2 Å². The lowest BCUT2D eigenvalue weighted by Gasteiger charge is -2.39. The van der Waals surface area contributed by atoms with Crippen molar-refractivity contribution >= 4 is 5.97 Å². The van der Waals surface area contributed by atoms with Gasteiger partial charge in [-0.05, 0) is 44.9 Å². The Kier molecular flexibility index (Phi) is 30.4. The highest BCUT2D eigenvalue weighted by Gasteiger charge is 2.44. The molecule has 0 aliphatic carbocycles. The molecule has 49 heavy (non-hydrogen) atoms. The van der Waals surface area contributed by atoms with E-state index < -0.39 is 43.4 Å². The summed E-state index contributed by atoms with van der Waals surface area (Å²) in [5, 5.41) is 39.9. The summed E-state index contributed by atoms with van der Waals surface area (Å²) < 4.78 is 22.7. The van der Waals surface area contributed by atoms with Crippen LogP contribution < -0.4 is 0 Å². The van der Waals surface area contributed by atoms with Crippen LogP contribution >= 0.6 is 0 Å². The van der Waals surface area contributed by atoms with E-state index in [0.717, 1.165) is 51.4 Å². The predicted octanol–water partition coefficient (Wildman–Crippen LogP) is 7.86. The molecule has 0 aromatic rings. The minimum Gasteiger partial charge on any atom is -0.457 e. The van der Waals surface area contributed by atoms with Crippen LogP contribution in [0.15, 0.2) is 24.3 Å². The number of ether oxygens (including phenoxy) is 4. The van der Waals surface area contributed by atoms with Crippen LogP contribution in [0.4, 0.5) is 0 Å². The van der Waals surface area contributed by atoms with Gasteiger partial charge in [-0.1, -0.05) is 134 Å². The zero-order valence-electron chi connectivity index (χ0n) is 31.2. The van der Waals surface area contributed by atoms with Gasteiger partial charge in [-0.2, -0.15) is 0 Å². The number of hydrogen-bond donors (Lipinski definition) is 4. The Morgan fingerprint density at radius 2 is 1.18 bits per heavy atom. The van der Waals surface area contributed by atoms with E-state index in [1.165, 1.54) is 89.9 Å². The van der Waals surface area contributed by atoms with Gasteiger partial charge in [-0.25, -0.2) is 0 Å². The SMILES string of the molecule is CCCCC/C=C\C/C=C\CCCCCCCCOCC(COC1OC(CO)C(O)C(O)C1O)OC(=O)CCCCCCCCCCCC. The molecule has 1 rings (SSSR count). The molecule has 0 aromatic heterocycles. The molecule has 9 nitrogen and oxygen atoms in total. The van der Waals surface area contributed by atoms with Gasteiger partial charge in [0.05, 0.1) is 19.8 Å². The van der Waals surface area contributed by atoms with Gasteiger partial charge in [0.25, 0.3) is 0 Å². The number of allylic oxidation sites excluding steroid dienone is 4. The van der Waals surface area contributed by atoms with Crippen molar-refractivity contribution in [3.05, 3.63) is 24.3 Å². The number of carbonyl (C=O) groups is 1. The molecule has 1 fully saturated rings. The molecule has 1 heterocycles. The fraction of sp³-hybridized carbons (Fsp3) is 0.875. The molecule has 0 aromatic carbocycles. The molecule has 6 unspecified atom stereocenters. The van der Waals surface area contributed by atoms with Gasteiger partial charge in [0.1, 0.15) is 30.5 Å². The first-order valence-electron chi connectivity index (χ1n) is 19.9. The molecule has 0 spiro atoms. The van der Waals surface area contributed by atoms with E-state index in [4.69, 9.17) is 18.9 Å². The Hall–Kier alpha value is -1.33. The Morgan fingerprint density at radius 1 is 0.653 bits per heavy atom.